The molecule has 2 aromatic rings. The minimum atomic E-state index is -0.276. The van der Waals surface area contributed by atoms with Gasteiger partial charge in [-0.1, -0.05) is 84.4 Å². The van der Waals surface area contributed by atoms with Crippen LogP contribution < -0.4 is 20.1 Å². The van der Waals surface area contributed by atoms with Gasteiger partial charge in [0.25, 0.3) is 11.8 Å². The van der Waals surface area contributed by atoms with Crippen LogP contribution in [0.25, 0.3) is 12.2 Å². The zero-order valence-corrected chi connectivity index (χ0v) is 27.3. The Balaban J connectivity index is 1.16. The summed E-state index contributed by atoms with van der Waals surface area (Å²) in [6.07, 6.45) is 3.56. The minimum absolute atomic E-state index is 0.0548. The van der Waals surface area contributed by atoms with E-state index in [1.54, 1.807) is 38.5 Å². The maximum absolute atomic E-state index is 12.9. The molecule has 2 N–H and O–H groups in total. The number of rotatable bonds is 13. The maximum atomic E-state index is 12.9. The van der Waals surface area contributed by atoms with Gasteiger partial charge in [-0.25, -0.2) is 0 Å². The van der Waals surface area contributed by atoms with Gasteiger partial charge in [0.1, 0.15) is 20.1 Å². The van der Waals surface area contributed by atoms with Crippen molar-refractivity contribution in [2.75, 3.05) is 40.4 Å². The predicted octanol–water partition coefficient (Wildman–Crippen LogP) is 3.82. The molecule has 0 aromatic heterocycles. The molecule has 2 aromatic carbocycles. The summed E-state index contributed by atoms with van der Waals surface area (Å²) in [5.74, 6) is 0.207. The van der Waals surface area contributed by atoms with Crippen LogP contribution in [0.5, 0.6) is 11.5 Å². The van der Waals surface area contributed by atoms with E-state index < -0.39 is 0 Å². The number of thioether (sulfide) groups is 2. The molecule has 0 aliphatic carbocycles. The second kappa shape index (κ2) is 15.8. The monoisotopic (exact) mass is 670 g/mol. The first kappa shape index (κ1) is 33.2. The summed E-state index contributed by atoms with van der Waals surface area (Å²) >= 11 is 13.1. The Morgan fingerprint density at radius 2 is 1.11 bits per heavy atom. The highest BCUT2D eigenvalue weighted by Gasteiger charge is 2.33. The van der Waals surface area contributed by atoms with Gasteiger partial charge < -0.3 is 20.1 Å². The van der Waals surface area contributed by atoms with E-state index in [4.69, 9.17) is 33.9 Å². The highest BCUT2D eigenvalue weighted by molar-refractivity contribution is 8.27. The molecular formula is C30H30N4O6S4. The summed E-state index contributed by atoms with van der Waals surface area (Å²) in [5.41, 5.74) is 1.52. The van der Waals surface area contributed by atoms with Gasteiger partial charge in [-0.05, 0) is 24.3 Å². The molecule has 0 bridgehead atoms. The third-order valence-electron chi connectivity index (χ3n) is 6.49. The Kier molecular flexibility index (Phi) is 11.9. The third kappa shape index (κ3) is 8.46. The van der Waals surface area contributed by atoms with E-state index in [0.717, 1.165) is 11.1 Å². The zero-order chi connectivity index (χ0) is 31.6. The van der Waals surface area contributed by atoms with Crippen LogP contribution in [0, 0.1) is 0 Å². The first-order valence-electron chi connectivity index (χ1n) is 13.5. The fourth-order valence-corrected chi connectivity index (χ4v) is 6.85. The Morgan fingerprint density at radius 3 is 1.50 bits per heavy atom. The van der Waals surface area contributed by atoms with E-state index in [2.05, 4.69) is 10.6 Å². The molecule has 230 valence electrons. The smallest absolute Gasteiger partial charge is 0.266 e. The Hall–Kier alpha value is -3.72. The molecule has 0 spiro atoms. The van der Waals surface area contributed by atoms with Crippen molar-refractivity contribution < 1.29 is 28.7 Å². The van der Waals surface area contributed by atoms with Crippen LogP contribution in [0.2, 0.25) is 0 Å². The summed E-state index contributed by atoms with van der Waals surface area (Å²) in [4.78, 5) is 54.2. The number of methoxy groups -OCH3 is 2. The fraction of sp³-hybridized carbons (Fsp3) is 0.267. The van der Waals surface area contributed by atoms with E-state index in [1.165, 1.54) is 33.3 Å². The van der Waals surface area contributed by atoms with Crippen molar-refractivity contribution in [3.63, 3.8) is 0 Å². The van der Waals surface area contributed by atoms with Gasteiger partial charge in [0, 0.05) is 50.1 Å². The van der Waals surface area contributed by atoms with Crippen LogP contribution >= 0.6 is 48.0 Å². The highest BCUT2D eigenvalue weighted by Crippen LogP contribution is 2.35. The van der Waals surface area contributed by atoms with Gasteiger partial charge in [-0.2, -0.15) is 0 Å². The lowest BCUT2D eigenvalue weighted by Gasteiger charge is -2.15. The van der Waals surface area contributed by atoms with Crippen molar-refractivity contribution in [2.45, 2.75) is 12.8 Å². The number of para-hydroxylation sites is 2. The van der Waals surface area contributed by atoms with Crippen LogP contribution in [0.3, 0.4) is 0 Å². The average Bonchev–Trinajstić information content (AvgIpc) is 3.44. The standard InChI is InChI=1S/C30H30N4O6S4/c1-39-21-9-5-3-7-19(21)17-23-27(37)33(29(41)43-23)15-11-25(35)31-13-14-32-26(36)12-16-34-28(38)24(44-30(34)42)18-20-8-4-6-10-22(20)40-2/h3-10,17-18H,11-16H2,1-2H3,(H,31,35)(H,32,36)/b23-17-,24-18-. The number of thiocarbonyl (C=S) groups is 2. The number of hydrogen-bond donors (Lipinski definition) is 2. The van der Waals surface area contributed by atoms with Crippen LogP contribution in [0.15, 0.2) is 58.3 Å². The summed E-state index contributed by atoms with van der Waals surface area (Å²) in [6.45, 7) is 0.696. The fourth-order valence-electron chi connectivity index (χ4n) is 4.25. The number of nitrogens with one attached hydrogen (secondary N) is 2. The van der Waals surface area contributed by atoms with Crippen LogP contribution in [-0.2, 0) is 19.2 Å². The number of carbonyl (C=O) groups is 4. The Labute approximate surface area is 274 Å². The van der Waals surface area contributed by atoms with Gasteiger partial charge in [0.15, 0.2) is 0 Å². The molecule has 10 nitrogen and oxygen atoms in total. The molecule has 44 heavy (non-hydrogen) atoms. The molecule has 0 saturated carbocycles. The van der Waals surface area contributed by atoms with Crippen molar-refractivity contribution in [3.8, 4) is 11.5 Å². The molecule has 14 heteroatoms. The lowest BCUT2D eigenvalue weighted by molar-refractivity contribution is -0.126. The molecule has 0 radical (unpaired) electrons. The van der Waals surface area contributed by atoms with Crippen molar-refractivity contribution in [2.24, 2.45) is 0 Å². The summed E-state index contributed by atoms with van der Waals surface area (Å²) < 4.78 is 11.4. The second-order valence-corrected chi connectivity index (χ2v) is 12.7. The number of benzene rings is 2. The quantitative estimate of drug-likeness (QED) is 0.185. The van der Waals surface area contributed by atoms with Gasteiger partial charge in [-0.3, -0.25) is 29.0 Å². The van der Waals surface area contributed by atoms with Gasteiger partial charge >= 0.3 is 0 Å². The molecule has 2 fully saturated rings. The Bertz CT molecular complexity index is 1430. The normalized spacial score (nSPS) is 16.7. The molecule has 0 unspecified atom stereocenters. The van der Waals surface area contributed by atoms with Gasteiger partial charge in [0.05, 0.1) is 24.0 Å². The average molecular weight is 671 g/mol. The molecule has 4 rings (SSSR count). The van der Waals surface area contributed by atoms with Crippen molar-refractivity contribution >= 4 is 92.4 Å². The van der Waals surface area contributed by atoms with Crippen LogP contribution in [-0.4, -0.2) is 82.5 Å². The van der Waals surface area contributed by atoms with Crippen molar-refractivity contribution in [3.05, 3.63) is 69.5 Å². The summed E-state index contributed by atoms with van der Waals surface area (Å²) in [6, 6.07) is 14.7. The molecule has 2 aliphatic rings. The molecule has 4 amide bonds. The van der Waals surface area contributed by atoms with E-state index in [9.17, 15) is 19.2 Å². The van der Waals surface area contributed by atoms with Crippen LogP contribution in [0.1, 0.15) is 24.0 Å². The number of carbonyl (C=O) groups excluding carboxylic acids is 4. The van der Waals surface area contributed by atoms with Gasteiger partial charge in [-0.15, -0.1) is 0 Å². The molecule has 2 saturated heterocycles. The lowest BCUT2D eigenvalue weighted by atomic mass is 10.2. The maximum Gasteiger partial charge on any atom is 0.266 e. The van der Waals surface area contributed by atoms with E-state index in [1.807, 2.05) is 36.4 Å². The second-order valence-electron chi connectivity index (χ2n) is 9.35. The van der Waals surface area contributed by atoms with Gasteiger partial charge in [0.2, 0.25) is 11.8 Å². The zero-order valence-electron chi connectivity index (χ0n) is 24.0. The summed E-state index contributed by atoms with van der Waals surface area (Å²) in [7, 11) is 3.12. The number of hydrogen-bond acceptors (Lipinski definition) is 10. The van der Waals surface area contributed by atoms with Crippen LogP contribution in [0.4, 0.5) is 0 Å². The summed E-state index contributed by atoms with van der Waals surface area (Å²) in [5, 5.41) is 5.46. The first-order chi connectivity index (χ1) is 21.2. The molecule has 0 atom stereocenters. The topological polar surface area (TPSA) is 117 Å². The molecule has 2 heterocycles. The largest absolute Gasteiger partial charge is 0.496 e. The van der Waals surface area contributed by atoms with Crippen molar-refractivity contribution in [1.29, 1.82) is 0 Å². The molecular weight excluding hydrogens is 641 g/mol. The minimum Gasteiger partial charge on any atom is -0.496 e. The van der Waals surface area contributed by atoms with E-state index in [-0.39, 0.29) is 62.6 Å². The van der Waals surface area contributed by atoms with E-state index >= 15 is 0 Å². The third-order valence-corrected chi connectivity index (χ3v) is 9.25. The Morgan fingerprint density at radius 1 is 0.727 bits per heavy atom. The lowest BCUT2D eigenvalue weighted by Crippen LogP contribution is -2.38. The first-order valence-corrected chi connectivity index (χ1v) is 16.0. The molecule has 2 aliphatic heterocycles. The predicted molar refractivity (Wildman–Crippen MR) is 181 cm³/mol. The number of amides is 4. The SMILES string of the molecule is COc1ccccc1/C=C1\SC(=S)N(CCC(=O)NCCNC(=O)CCN2C(=O)/C(=C/c3ccccc3OC)SC2=S)C1=O. The van der Waals surface area contributed by atoms with Crippen molar-refractivity contribution in [1.82, 2.24) is 20.4 Å². The van der Waals surface area contributed by atoms with E-state index in [0.29, 0.717) is 30.0 Å². The highest BCUT2D eigenvalue weighted by atomic mass is 32.2. The number of ether oxygens (including phenoxy) is 2. The number of nitrogens with zero attached hydrogens (tertiary/aromatic N) is 2.